The lowest BCUT2D eigenvalue weighted by Gasteiger charge is -2.15. The molecular formula is C16H16ClNO2. The second-order valence-electron chi connectivity index (χ2n) is 4.63. The van der Waals surface area contributed by atoms with E-state index in [4.69, 9.17) is 16.7 Å². The van der Waals surface area contributed by atoms with E-state index < -0.39 is 5.97 Å². The molecule has 0 spiro atoms. The van der Waals surface area contributed by atoms with Crippen LogP contribution in [0, 0.1) is 0 Å². The van der Waals surface area contributed by atoms with E-state index in [1.807, 2.05) is 43.3 Å². The van der Waals surface area contributed by atoms with Gasteiger partial charge in [0, 0.05) is 17.6 Å². The minimum absolute atomic E-state index is 0.128. The smallest absolute Gasteiger partial charge is 0.335 e. The van der Waals surface area contributed by atoms with Crippen LogP contribution in [-0.2, 0) is 6.54 Å². The van der Waals surface area contributed by atoms with Crippen LogP contribution < -0.4 is 5.32 Å². The van der Waals surface area contributed by atoms with Gasteiger partial charge in [0.05, 0.1) is 5.56 Å². The van der Waals surface area contributed by atoms with E-state index in [0.717, 1.165) is 16.1 Å². The van der Waals surface area contributed by atoms with Gasteiger partial charge < -0.3 is 10.4 Å². The van der Waals surface area contributed by atoms with Gasteiger partial charge in [-0.05, 0) is 36.2 Å². The highest BCUT2D eigenvalue weighted by molar-refractivity contribution is 6.31. The second kappa shape index (κ2) is 6.55. The van der Waals surface area contributed by atoms with Crippen LogP contribution in [0.5, 0.6) is 0 Å². The van der Waals surface area contributed by atoms with Crippen LogP contribution in [0.3, 0.4) is 0 Å². The highest BCUT2D eigenvalue weighted by atomic mass is 35.5. The Balaban J connectivity index is 1.98. The Morgan fingerprint density at radius 2 is 1.85 bits per heavy atom. The number of aromatic carboxylic acids is 1. The van der Waals surface area contributed by atoms with Gasteiger partial charge in [-0.25, -0.2) is 4.79 Å². The molecule has 104 valence electrons. The number of carbonyl (C=O) groups is 1. The molecule has 0 saturated heterocycles. The molecule has 0 bridgehead atoms. The van der Waals surface area contributed by atoms with E-state index in [0.29, 0.717) is 12.1 Å². The molecule has 0 heterocycles. The van der Waals surface area contributed by atoms with E-state index in [9.17, 15) is 4.79 Å². The molecule has 20 heavy (non-hydrogen) atoms. The van der Waals surface area contributed by atoms with E-state index >= 15 is 0 Å². The zero-order valence-electron chi connectivity index (χ0n) is 11.1. The van der Waals surface area contributed by atoms with Crippen molar-refractivity contribution in [2.24, 2.45) is 0 Å². The zero-order chi connectivity index (χ0) is 14.5. The number of halogens is 1. The molecule has 0 fully saturated rings. The lowest BCUT2D eigenvalue weighted by Crippen LogP contribution is -2.18. The molecule has 2 aromatic rings. The van der Waals surface area contributed by atoms with Crippen molar-refractivity contribution in [3.8, 4) is 0 Å². The molecule has 0 aliphatic carbocycles. The minimum atomic E-state index is -0.908. The van der Waals surface area contributed by atoms with Crippen LogP contribution >= 0.6 is 11.6 Å². The van der Waals surface area contributed by atoms with Gasteiger partial charge in [-0.1, -0.05) is 41.9 Å². The van der Waals surface area contributed by atoms with Gasteiger partial charge in [0.25, 0.3) is 0 Å². The summed E-state index contributed by atoms with van der Waals surface area (Å²) in [6.07, 6.45) is 0. The number of nitrogens with one attached hydrogen (secondary N) is 1. The summed E-state index contributed by atoms with van der Waals surface area (Å²) in [6.45, 7) is 2.71. The van der Waals surface area contributed by atoms with Crippen molar-refractivity contribution in [1.82, 2.24) is 5.32 Å². The third kappa shape index (κ3) is 3.59. The van der Waals surface area contributed by atoms with Gasteiger partial charge in [-0.15, -0.1) is 0 Å². The molecule has 0 aliphatic rings. The summed E-state index contributed by atoms with van der Waals surface area (Å²) in [4.78, 5) is 10.8. The maximum atomic E-state index is 10.8. The molecule has 0 saturated carbocycles. The van der Waals surface area contributed by atoms with Crippen LogP contribution in [0.4, 0.5) is 0 Å². The van der Waals surface area contributed by atoms with Crippen LogP contribution in [0.25, 0.3) is 0 Å². The lowest BCUT2D eigenvalue weighted by molar-refractivity contribution is 0.0697. The van der Waals surface area contributed by atoms with Crippen molar-refractivity contribution in [1.29, 1.82) is 0 Å². The number of hydrogen-bond donors (Lipinski definition) is 2. The van der Waals surface area contributed by atoms with E-state index in [1.165, 1.54) is 0 Å². The number of hydrogen-bond acceptors (Lipinski definition) is 2. The van der Waals surface area contributed by atoms with Gasteiger partial charge in [-0.2, -0.15) is 0 Å². The summed E-state index contributed by atoms with van der Waals surface area (Å²) in [5.41, 5.74) is 2.39. The standard InChI is InChI=1S/C16H16ClNO2/c1-11(14-4-2-3-5-15(14)17)18-10-12-6-8-13(9-7-12)16(19)20/h2-9,11,18H,10H2,1H3,(H,19,20). The first-order valence-electron chi connectivity index (χ1n) is 6.38. The Morgan fingerprint density at radius 3 is 2.45 bits per heavy atom. The molecule has 0 amide bonds. The fourth-order valence-electron chi connectivity index (χ4n) is 1.97. The molecule has 2 aromatic carbocycles. The minimum Gasteiger partial charge on any atom is -0.478 e. The fourth-order valence-corrected chi connectivity index (χ4v) is 2.27. The predicted molar refractivity (Wildman–Crippen MR) is 80.1 cm³/mol. The van der Waals surface area contributed by atoms with Gasteiger partial charge in [0.15, 0.2) is 0 Å². The third-order valence-corrected chi connectivity index (χ3v) is 3.53. The molecule has 2 rings (SSSR count). The van der Waals surface area contributed by atoms with E-state index in [-0.39, 0.29) is 6.04 Å². The molecule has 3 nitrogen and oxygen atoms in total. The van der Waals surface area contributed by atoms with Gasteiger partial charge in [0.1, 0.15) is 0 Å². The van der Waals surface area contributed by atoms with Gasteiger partial charge >= 0.3 is 5.97 Å². The molecular weight excluding hydrogens is 274 g/mol. The molecule has 0 aliphatic heterocycles. The monoisotopic (exact) mass is 289 g/mol. The van der Waals surface area contributed by atoms with Crippen LogP contribution in [0.1, 0.15) is 34.5 Å². The zero-order valence-corrected chi connectivity index (χ0v) is 11.9. The third-order valence-electron chi connectivity index (χ3n) is 3.18. The highest BCUT2D eigenvalue weighted by Crippen LogP contribution is 2.22. The van der Waals surface area contributed by atoms with Gasteiger partial charge in [0.2, 0.25) is 0 Å². The quantitative estimate of drug-likeness (QED) is 0.878. The number of carboxylic acids is 1. The van der Waals surface area contributed by atoms with Crippen molar-refractivity contribution < 1.29 is 9.90 Å². The Hall–Kier alpha value is -1.84. The molecule has 1 unspecified atom stereocenters. The summed E-state index contributed by atoms with van der Waals surface area (Å²) >= 11 is 6.15. The topological polar surface area (TPSA) is 49.3 Å². The SMILES string of the molecule is CC(NCc1ccc(C(=O)O)cc1)c1ccccc1Cl. The Morgan fingerprint density at radius 1 is 1.20 bits per heavy atom. The Kier molecular flexibility index (Phi) is 4.77. The van der Waals surface area contributed by atoms with Crippen molar-refractivity contribution in [2.45, 2.75) is 19.5 Å². The summed E-state index contributed by atoms with van der Waals surface area (Å²) in [5, 5.41) is 13.0. The summed E-state index contributed by atoms with van der Waals surface area (Å²) < 4.78 is 0. The predicted octanol–water partition coefficient (Wildman–Crippen LogP) is 3.89. The molecule has 0 radical (unpaired) electrons. The van der Waals surface area contributed by atoms with Crippen molar-refractivity contribution in [3.05, 3.63) is 70.2 Å². The first-order valence-corrected chi connectivity index (χ1v) is 6.76. The Labute approximate surface area is 123 Å². The molecule has 4 heteroatoms. The largest absolute Gasteiger partial charge is 0.478 e. The second-order valence-corrected chi connectivity index (χ2v) is 5.03. The molecule has 0 aromatic heterocycles. The maximum absolute atomic E-state index is 10.8. The average molecular weight is 290 g/mol. The average Bonchev–Trinajstić information content (AvgIpc) is 2.45. The first kappa shape index (κ1) is 14.6. The summed E-state index contributed by atoms with van der Waals surface area (Å²) in [5.74, 6) is -0.908. The molecule has 2 N–H and O–H groups in total. The van der Waals surface area contributed by atoms with Crippen LogP contribution in [0.15, 0.2) is 48.5 Å². The van der Waals surface area contributed by atoms with Crippen LogP contribution in [-0.4, -0.2) is 11.1 Å². The summed E-state index contributed by atoms with van der Waals surface area (Å²) in [6, 6.07) is 14.7. The summed E-state index contributed by atoms with van der Waals surface area (Å²) in [7, 11) is 0. The highest BCUT2D eigenvalue weighted by Gasteiger charge is 2.08. The normalized spacial score (nSPS) is 12.1. The number of rotatable bonds is 5. The lowest BCUT2D eigenvalue weighted by atomic mass is 10.1. The van der Waals surface area contributed by atoms with Crippen molar-refractivity contribution >= 4 is 17.6 Å². The fraction of sp³-hybridized carbons (Fsp3) is 0.188. The van der Waals surface area contributed by atoms with Gasteiger partial charge in [-0.3, -0.25) is 0 Å². The van der Waals surface area contributed by atoms with Crippen molar-refractivity contribution in [3.63, 3.8) is 0 Å². The number of benzene rings is 2. The van der Waals surface area contributed by atoms with E-state index in [1.54, 1.807) is 12.1 Å². The maximum Gasteiger partial charge on any atom is 0.335 e. The first-order chi connectivity index (χ1) is 9.58. The van der Waals surface area contributed by atoms with Crippen molar-refractivity contribution in [2.75, 3.05) is 0 Å². The molecule has 1 atom stereocenters. The Bertz CT molecular complexity index is 596. The number of carboxylic acid groups (broad SMARTS) is 1. The van der Waals surface area contributed by atoms with Crippen LogP contribution in [0.2, 0.25) is 5.02 Å². The van der Waals surface area contributed by atoms with E-state index in [2.05, 4.69) is 5.32 Å².